The van der Waals surface area contributed by atoms with E-state index in [2.05, 4.69) is 47.9 Å². The second-order valence-corrected chi connectivity index (χ2v) is 34.3. The lowest BCUT2D eigenvalue weighted by Crippen LogP contribution is -2.54. The van der Waals surface area contributed by atoms with Crippen LogP contribution in [0.3, 0.4) is 0 Å². The molecular weight excluding hydrogens is 1870 g/mol. The molecule has 1 aromatic heterocycles. The molecule has 0 saturated carbocycles. The molecule has 0 aliphatic heterocycles. The van der Waals surface area contributed by atoms with Gasteiger partial charge in [0.15, 0.2) is 25.2 Å². The average Bonchev–Trinajstić information content (AvgIpc) is 0.758. The molecule has 1 heterocycles. The summed E-state index contributed by atoms with van der Waals surface area (Å²) in [5.41, 5.74) is 8.59. The molecular formula is C92H144ClN13O30S2. The lowest BCUT2D eigenvalue weighted by atomic mass is 9.98. The van der Waals surface area contributed by atoms with Crippen molar-refractivity contribution < 1.29 is 140 Å². The van der Waals surface area contributed by atoms with Crippen molar-refractivity contribution in [2.24, 2.45) is 17.6 Å². The second kappa shape index (κ2) is 72.9. The maximum absolute atomic E-state index is 14.6. The number of aliphatic hydroxyl groups excluding tert-OH is 5. The molecule has 8 unspecified atom stereocenters. The van der Waals surface area contributed by atoms with Gasteiger partial charge in [-0.1, -0.05) is 149 Å². The number of carboxylic acid groups (broad SMARTS) is 1. The van der Waals surface area contributed by atoms with Crippen molar-refractivity contribution in [1.29, 1.82) is 0 Å². The molecule has 0 radical (unpaired) electrons. The Morgan fingerprint density at radius 1 is 0.529 bits per heavy atom. The zero-order chi connectivity index (χ0) is 103. The number of benzene rings is 4. The van der Waals surface area contributed by atoms with Crippen molar-refractivity contribution in [2.45, 2.75) is 207 Å². The fourth-order valence-electron chi connectivity index (χ4n) is 12.2. The molecule has 0 bridgehead atoms. The summed E-state index contributed by atoms with van der Waals surface area (Å²) in [5, 5.41) is 77.3. The van der Waals surface area contributed by atoms with Crippen molar-refractivity contribution in [3.63, 3.8) is 0 Å². The highest BCUT2D eigenvalue weighted by molar-refractivity contribution is 8.76. The summed E-state index contributed by atoms with van der Waals surface area (Å²) < 4.78 is 63.3. The van der Waals surface area contributed by atoms with Crippen LogP contribution in [0.4, 0.5) is 29.7 Å². The van der Waals surface area contributed by atoms with Gasteiger partial charge in [-0.15, -0.1) is 0 Å². The van der Waals surface area contributed by atoms with Gasteiger partial charge in [-0.25, -0.2) is 29.0 Å². The van der Waals surface area contributed by atoms with Crippen LogP contribution in [-0.4, -0.2) is 312 Å². The number of rotatable bonds is 62. The topological polar surface area (TPSA) is 592 Å². The van der Waals surface area contributed by atoms with Crippen LogP contribution in [0.5, 0.6) is 0 Å². The van der Waals surface area contributed by atoms with Crippen LogP contribution in [0.2, 0.25) is 5.02 Å². The van der Waals surface area contributed by atoms with Crippen LogP contribution in [0, 0.1) is 18.8 Å². The van der Waals surface area contributed by atoms with Crippen LogP contribution < -0.4 is 59.1 Å². The first-order chi connectivity index (χ1) is 66.1. The Bertz CT molecular complexity index is 4380. The third kappa shape index (κ3) is 51.5. The number of amides is 11. The Morgan fingerprint density at radius 2 is 1.01 bits per heavy atom. The number of ether oxygens (including phenoxy) is 12. The number of anilines is 1. The number of halogens is 1. The number of aryl methyl sites for hydroxylation is 1. The van der Waals surface area contributed by atoms with Crippen molar-refractivity contribution in [3.8, 4) is 0 Å². The molecule has 0 saturated heterocycles. The van der Waals surface area contributed by atoms with E-state index in [4.69, 9.17) is 105 Å². The maximum atomic E-state index is 14.6. The molecule has 0 aliphatic carbocycles. The molecule has 776 valence electrons. The fourth-order valence-corrected chi connectivity index (χ4v) is 13.4. The van der Waals surface area contributed by atoms with Gasteiger partial charge < -0.3 is 146 Å². The second-order valence-electron chi connectivity index (χ2n) is 31.2. The molecule has 11 amide bonds. The molecule has 46 heteroatoms. The minimum absolute atomic E-state index is 0.0130. The number of primary amides is 1. The fraction of sp³-hybridized carbons (Fsp3) is 0.598. The smallest absolute Gasteiger partial charge is 0.407 e. The van der Waals surface area contributed by atoms with Gasteiger partial charge in [0.2, 0.25) is 23.6 Å². The number of alkyl carbamates (subject to hydrolysis) is 4. The number of hydrogen-bond donors (Lipinski definition) is 16. The van der Waals surface area contributed by atoms with Crippen molar-refractivity contribution in [3.05, 3.63) is 141 Å². The first kappa shape index (κ1) is 124. The highest BCUT2D eigenvalue weighted by Gasteiger charge is 2.35. The van der Waals surface area contributed by atoms with E-state index in [-0.39, 0.29) is 179 Å². The van der Waals surface area contributed by atoms with E-state index in [1.165, 1.54) is 28.4 Å². The number of methoxy groups -OCH3 is 4. The number of urea groups is 1. The molecule has 11 atom stereocenters. The summed E-state index contributed by atoms with van der Waals surface area (Å²) in [6.07, 6.45) is -2.67. The number of carboxylic acids is 1. The van der Waals surface area contributed by atoms with E-state index < -0.39 is 109 Å². The summed E-state index contributed by atoms with van der Waals surface area (Å²) in [6.45, 7) is 16.5. The first-order valence-electron chi connectivity index (χ1n) is 45.3. The Labute approximate surface area is 818 Å². The van der Waals surface area contributed by atoms with Gasteiger partial charge in [0.1, 0.15) is 44.3 Å². The first-order valence-corrected chi connectivity index (χ1v) is 48.4. The number of hydrogen-bond acceptors (Lipinski definition) is 32. The monoisotopic (exact) mass is 2010 g/mol. The van der Waals surface area contributed by atoms with Gasteiger partial charge in [-0.2, -0.15) is 0 Å². The standard InChI is InChI=1S/C60H79ClN10O13.C14H28N2O6S2.C11H21NO7.C7H16O4/c1-8-45(34-72)84-50(81-7)36-83-60(80)65-30-27-49(73)69-51(37(2)3)55(75)68-47(16-12-28-63-58(62)78)54(74)66-44-24-19-41(20-25-44)35-82-59(79)64-29-13-31-70(56(76)42-21-17-39(6)18-22-42)52(38(4)5)53-67-48-32-43(61)23-26-46(48)57(77)71(53)33-40-14-10-9-11-15-40;1-4-11(9-17)22-13(20-2)10-21-14(19)16-6-5-12(18)15-7-8-24-23-3;1-3-8(6-13)19-10(17-2)7-18-11(16)12-5-4-9(14)15;1-3-6(4-8)11-7(5-9)10-2/h9-11,14-15,17-26,32,37-38,45,47,50-52,72H,8,12-13,16,27-31,33-36H2,1-7H3,(H,64,79)(H,65,80)(H,66,74)(H,68,75)(H,69,73)(H3,62,63,78);11,13,17H,4-10H2,1-3H3,(H,15,18)(H,16,19);8,10,13H,3-7H2,1-2H3,(H,12,16)(H,14,15);6-9H,3-5H2,1-2H3/t45?,47-,50?,51-,52-;;;/m1.../s1. The van der Waals surface area contributed by atoms with Gasteiger partial charge >= 0.3 is 36.4 Å². The minimum atomic E-state index is -1.13. The number of carbonyl (C=O) groups is 11. The number of carbonyl (C=O) groups excluding carboxylic acids is 10. The molecule has 43 nitrogen and oxygen atoms in total. The number of fused-ring (bicyclic) bond motifs is 1. The lowest BCUT2D eigenvalue weighted by Gasteiger charge is -2.35. The van der Waals surface area contributed by atoms with E-state index in [9.17, 15) is 62.6 Å². The summed E-state index contributed by atoms with van der Waals surface area (Å²) in [4.78, 5) is 157. The van der Waals surface area contributed by atoms with Crippen LogP contribution in [0.1, 0.15) is 159 Å². The highest BCUT2D eigenvalue weighted by Crippen LogP contribution is 2.32. The highest BCUT2D eigenvalue weighted by atomic mass is 35.5. The molecule has 0 fully saturated rings. The zero-order valence-corrected chi connectivity index (χ0v) is 83.5. The van der Waals surface area contributed by atoms with E-state index >= 15 is 0 Å². The van der Waals surface area contributed by atoms with Gasteiger partial charge in [0.25, 0.3) is 11.5 Å². The van der Waals surface area contributed by atoms with Crippen LogP contribution >= 0.6 is 33.2 Å². The Kier molecular flexibility index (Phi) is 65.3. The molecule has 5 rings (SSSR count). The molecule has 17 N–H and O–H groups in total. The van der Waals surface area contributed by atoms with Crippen molar-refractivity contribution >= 4 is 116 Å². The van der Waals surface area contributed by atoms with Crippen LogP contribution in [0.15, 0.2) is 102 Å². The predicted octanol–water partition coefficient (Wildman–Crippen LogP) is 7.13. The van der Waals surface area contributed by atoms with Gasteiger partial charge in [0, 0.05) is 109 Å². The number of nitrogens with one attached hydrogen (secondary N) is 9. The number of nitrogens with zero attached hydrogens (tertiary/aromatic N) is 3. The number of aliphatic hydroxyl groups is 5. The molecule has 4 aromatic carbocycles. The van der Waals surface area contributed by atoms with E-state index in [0.29, 0.717) is 77.2 Å². The third-order valence-corrected chi connectivity index (χ3v) is 22.0. The molecule has 138 heavy (non-hydrogen) atoms. The summed E-state index contributed by atoms with van der Waals surface area (Å²) in [7, 11) is 8.94. The summed E-state index contributed by atoms with van der Waals surface area (Å²) >= 11 is 6.42. The van der Waals surface area contributed by atoms with Gasteiger partial charge in [-0.05, 0) is 124 Å². The van der Waals surface area contributed by atoms with Crippen LogP contribution in [-0.2, 0) is 94.0 Å². The number of aliphatic carboxylic acids is 1. The molecule has 0 spiro atoms. The molecule has 5 aromatic rings. The maximum Gasteiger partial charge on any atom is 0.407 e. The van der Waals surface area contributed by atoms with Crippen molar-refractivity contribution in [2.75, 3.05) is 144 Å². The minimum Gasteiger partial charge on any atom is -0.481 e. The van der Waals surface area contributed by atoms with E-state index in [1.807, 2.05) is 97.2 Å². The van der Waals surface area contributed by atoms with Gasteiger partial charge in [-0.3, -0.25) is 38.1 Å². The SMILES string of the molecule is CCC(CO)OC(CO)OC.CCC(CO)OC(COC(=O)NCCC(=O)NCCSSC)OC.CCC(CO)OC(COC(=O)NCCC(=O)N[C@@H](C(=O)N[C@H](CCCNC(N)=O)C(=O)Nc1ccc(COC(=O)NCCCN(C(=O)c2ccc(C)cc2)[C@@H](c2nc3cc(Cl)ccc3c(=O)n2Cc2ccccc2)C(C)C)cc1)C(C)C)OC.CCC(CO)OC(COC(=O)NCCC(=O)O)OC. The third-order valence-electron chi connectivity index (χ3n) is 20.0. The van der Waals surface area contributed by atoms with Gasteiger partial charge in [0.05, 0.1) is 87.4 Å². The lowest BCUT2D eigenvalue weighted by molar-refractivity contribution is -0.181. The molecule has 0 aliphatic rings. The van der Waals surface area contributed by atoms with E-state index in [0.717, 1.165) is 16.9 Å². The zero-order valence-electron chi connectivity index (χ0n) is 81.1. The predicted molar refractivity (Wildman–Crippen MR) is 518 cm³/mol. The normalized spacial score (nSPS) is 13.4. The summed E-state index contributed by atoms with van der Waals surface area (Å²) in [6, 6.07) is 24.5. The Balaban J connectivity index is 0.000000955. The Morgan fingerprint density at radius 3 is 1.48 bits per heavy atom. The quantitative estimate of drug-likeness (QED) is 0.00796. The van der Waals surface area contributed by atoms with Crippen molar-refractivity contribution in [1.82, 2.24) is 57.0 Å². The number of aromatic nitrogens is 2. The van der Waals surface area contributed by atoms with Crippen LogP contribution in [0.25, 0.3) is 10.9 Å². The average molecular weight is 2010 g/mol. The Hall–Kier alpha value is -10.3. The summed E-state index contributed by atoms with van der Waals surface area (Å²) in [5.74, 6) is -2.65. The number of nitrogens with two attached hydrogens (primary N) is 1. The largest absolute Gasteiger partial charge is 0.481 e. The van der Waals surface area contributed by atoms with E-state index in [1.54, 1.807) is 99.5 Å².